The largest absolute Gasteiger partial charge is 0.465 e. The van der Waals surface area contributed by atoms with E-state index in [1.54, 1.807) is 12.1 Å². The highest BCUT2D eigenvalue weighted by molar-refractivity contribution is 6.06. The zero-order chi connectivity index (χ0) is 18.8. The van der Waals surface area contributed by atoms with Crippen LogP contribution in [0.3, 0.4) is 0 Å². The van der Waals surface area contributed by atoms with Crippen LogP contribution in [0.15, 0.2) is 36.5 Å². The van der Waals surface area contributed by atoms with Gasteiger partial charge in [-0.1, -0.05) is 25.3 Å². The van der Waals surface area contributed by atoms with E-state index in [0.717, 1.165) is 21.8 Å². The highest BCUT2D eigenvalue weighted by Crippen LogP contribution is 2.32. The average molecular weight is 365 g/mol. The summed E-state index contributed by atoms with van der Waals surface area (Å²) in [5.74, 6) is 0.198. The van der Waals surface area contributed by atoms with Gasteiger partial charge in [0.2, 0.25) is 0 Å². The summed E-state index contributed by atoms with van der Waals surface area (Å²) in [7, 11) is 0. The molecule has 6 heteroatoms. The zero-order valence-electron chi connectivity index (χ0n) is 15.1. The summed E-state index contributed by atoms with van der Waals surface area (Å²) in [5.41, 5.74) is 4.33. The molecule has 2 heterocycles. The summed E-state index contributed by atoms with van der Waals surface area (Å²) >= 11 is 0. The number of carbonyl (C=O) groups excluding carboxylic acids is 1. The molecule has 0 radical (unpaired) electrons. The minimum Gasteiger partial charge on any atom is -0.465 e. The molecule has 2 aliphatic rings. The van der Waals surface area contributed by atoms with E-state index in [1.165, 1.54) is 37.7 Å². The van der Waals surface area contributed by atoms with E-state index in [2.05, 4.69) is 22.4 Å². The molecule has 2 N–H and O–H groups in total. The van der Waals surface area contributed by atoms with E-state index in [-0.39, 0.29) is 6.54 Å². The van der Waals surface area contributed by atoms with Crippen LogP contribution >= 0.6 is 0 Å². The van der Waals surface area contributed by atoms with Crippen molar-refractivity contribution < 1.29 is 14.7 Å². The summed E-state index contributed by atoms with van der Waals surface area (Å²) in [5, 5.41) is 12.4. The van der Waals surface area contributed by atoms with Crippen LogP contribution in [0.2, 0.25) is 0 Å². The van der Waals surface area contributed by atoms with Crippen molar-refractivity contribution >= 4 is 17.7 Å². The number of anilines is 1. The third-order valence-electron chi connectivity index (χ3n) is 5.54. The van der Waals surface area contributed by atoms with E-state index in [4.69, 9.17) is 5.11 Å². The smallest absolute Gasteiger partial charge is 0.414 e. The summed E-state index contributed by atoms with van der Waals surface area (Å²) in [6.45, 7) is 0.688. The first-order valence-electron chi connectivity index (χ1n) is 9.48. The predicted molar refractivity (Wildman–Crippen MR) is 102 cm³/mol. The first-order valence-corrected chi connectivity index (χ1v) is 9.48. The van der Waals surface area contributed by atoms with E-state index >= 15 is 0 Å². The van der Waals surface area contributed by atoms with Crippen molar-refractivity contribution in [2.45, 2.75) is 51.1 Å². The van der Waals surface area contributed by atoms with Gasteiger partial charge in [0.25, 0.3) is 5.91 Å². The van der Waals surface area contributed by atoms with E-state index in [0.29, 0.717) is 18.0 Å². The highest BCUT2D eigenvalue weighted by Gasteiger charge is 2.31. The lowest BCUT2D eigenvalue weighted by Crippen LogP contribution is -2.29. The van der Waals surface area contributed by atoms with Crippen LogP contribution in [0.25, 0.3) is 0 Å². The monoisotopic (exact) mass is 365 g/mol. The molecule has 2 aromatic rings. The number of carboxylic acid groups (broad SMARTS) is 1. The first kappa shape index (κ1) is 17.5. The maximum absolute atomic E-state index is 12.0. The number of nitrogens with one attached hydrogen (secondary N) is 1. The molecule has 6 nitrogen and oxygen atoms in total. The van der Waals surface area contributed by atoms with Crippen LogP contribution in [0.5, 0.6) is 0 Å². The van der Waals surface area contributed by atoms with Gasteiger partial charge in [-0.15, -0.1) is 0 Å². The quantitative estimate of drug-likeness (QED) is 0.840. The standard InChI is InChI=1S/C21H23N3O3/c25-20-19-9-8-17(10-16(19)13-24(20)21(26)27)23-12-18-7-6-15(11-22-18)14-4-2-1-3-5-14/h6-11,14,23H,1-5,12-13H2,(H,26,27). The van der Waals surface area contributed by atoms with Crippen LogP contribution in [-0.4, -0.2) is 27.0 Å². The predicted octanol–water partition coefficient (Wildman–Crippen LogP) is 4.38. The molecule has 0 saturated heterocycles. The van der Waals surface area contributed by atoms with Gasteiger partial charge in [0, 0.05) is 17.4 Å². The second-order valence-electron chi connectivity index (χ2n) is 7.32. The Morgan fingerprint density at radius 2 is 2.00 bits per heavy atom. The van der Waals surface area contributed by atoms with Crippen LogP contribution in [0.4, 0.5) is 10.5 Å². The summed E-state index contributed by atoms with van der Waals surface area (Å²) < 4.78 is 0. The normalized spacial score (nSPS) is 17.0. The van der Waals surface area contributed by atoms with Gasteiger partial charge in [-0.25, -0.2) is 9.69 Å². The van der Waals surface area contributed by atoms with Crippen molar-refractivity contribution in [2.75, 3.05) is 5.32 Å². The Morgan fingerprint density at radius 1 is 1.19 bits per heavy atom. The number of pyridine rings is 1. The van der Waals surface area contributed by atoms with Crippen molar-refractivity contribution in [2.24, 2.45) is 0 Å². The Balaban J connectivity index is 1.39. The number of hydrogen-bond donors (Lipinski definition) is 2. The molecule has 27 heavy (non-hydrogen) atoms. The van der Waals surface area contributed by atoms with Gasteiger partial charge < -0.3 is 10.4 Å². The van der Waals surface area contributed by atoms with Gasteiger partial charge in [-0.05, 0) is 54.2 Å². The third-order valence-corrected chi connectivity index (χ3v) is 5.54. The molecule has 1 aliphatic carbocycles. The molecule has 1 fully saturated rings. The fourth-order valence-electron chi connectivity index (χ4n) is 4.00. The number of carbonyl (C=O) groups is 2. The van der Waals surface area contributed by atoms with Gasteiger partial charge in [-0.3, -0.25) is 9.78 Å². The molecule has 0 unspecified atom stereocenters. The van der Waals surface area contributed by atoms with Crippen LogP contribution in [-0.2, 0) is 13.1 Å². The van der Waals surface area contributed by atoms with Gasteiger partial charge >= 0.3 is 6.09 Å². The van der Waals surface area contributed by atoms with Crippen molar-refractivity contribution in [1.82, 2.24) is 9.88 Å². The summed E-state index contributed by atoms with van der Waals surface area (Å²) in [4.78, 5) is 28.5. The number of amides is 2. The van der Waals surface area contributed by atoms with Crippen molar-refractivity contribution in [3.8, 4) is 0 Å². The fraction of sp³-hybridized carbons (Fsp3) is 0.381. The Morgan fingerprint density at radius 3 is 2.70 bits per heavy atom. The SMILES string of the molecule is O=C(O)N1Cc2cc(NCc3ccc(C4CCCCC4)cn3)ccc2C1=O. The van der Waals surface area contributed by atoms with Gasteiger partial charge in [0.05, 0.1) is 18.8 Å². The molecule has 1 aromatic heterocycles. The number of rotatable bonds is 4. The summed E-state index contributed by atoms with van der Waals surface area (Å²) in [6.07, 6.45) is 7.29. The van der Waals surface area contributed by atoms with Crippen LogP contribution < -0.4 is 5.32 Å². The lowest BCUT2D eigenvalue weighted by Gasteiger charge is -2.21. The molecule has 1 aromatic carbocycles. The lowest BCUT2D eigenvalue weighted by atomic mass is 9.85. The van der Waals surface area contributed by atoms with Gasteiger partial charge in [-0.2, -0.15) is 0 Å². The second kappa shape index (κ2) is 7.39. The number of imide groups is 1. The number of nitrogens with zero attached hydrogens (tertiary/aromatic N) is 2. The van der Waals surface area contributed by atoms with E-state index < -0.39 is 12.0 Å². The fourth-order valence-corrected chi connectivity index (χ4v) is 4.00. The van der Waals surface area contributed by atoms with Crippen LogP contribution in [0.1, 0.15) is 65.2 Å². The molecule has 4 rings (SSSR count). The Bertz CT molecular complexity index is 857. The minimum absolute atomic E-state index is 0.105. The molecule has 0 spiro atoms. The molecule has 0 atom stereocenters. The van der Waals surface area contributed by atoms with Crippen molar-refractivity contribution in [1.29, 1.82) is 0 Å². The third kappa shape index (κ3) is 3.65. The van der Waals surface area contributed by atoms with Gasteiger partial charge in [0.1, 0.15) is 0 Å². The molecule has 0 bridgehead atoms. The molecule has 1 saturated carbocycles. The Hall–Kier alpha value is -2.89. The lowest BCUT2D eigenvalue weighted by molar-refractivity contribution is 0.0764. The summed E-state index contributed by atoms with van der Waals surface area (Å²) in [6, 6.07) is 9.58. The topological polar surface area (TPSA) is 82.5 Å². The van der Waals surface area contributed by atoms with Gasteiger partial charge in [0.15, 0.2) is 0 Å². The molecule has 2 amide bonds. The van der Waals surface area contributed by atoms with Crippen molar-refractivity contribution in [3.63, 3.8) is 0 Å². The van der Waals surface area contributed by atoms with Crippen molar-refractivity contribution in [3.05, 3.63) is 58.9 Å². The molecular weight excluding hydrogens is 342 g/mol. The molecule has 140 valence electrons. The molecule has 1 aliphatic heterocycles. The van der Waals surface area contributed by atoms with E-state index in [1.807, 2.05) is 12.3 Å². The minimum atomic E-state index is -1.21. The maximum Gasteiger partial charge on any atom is 0.414 e. The molecular formula is C21H23N3O3. The number of hydrogen-bond acceptors (Lipinski definition) is 4. The highest BCUT2D eigenvalue weighted by atomic mass is 16.4. The Labute approximate surface area is 158 Å². The zero-order valence-corrected chi connectivity index (χ0v) is 15.1. The Kier molecular flexibility index (Phi) is 4.79. The average Bonchev–Trinajstić information content (AvgIpc) is 3.04. The first-order chi connectivity index (χ1) is 13.1. The number of fused-ring (bicyclic) bond motifs is 1. The second-order valence-corrected chi connectivity index (χ2v) is 7.32. The number of benzene rings is 1. The van der Waals surface area contributed by atoms with Crippen LogP contribution in [0, 0.1) is 0 Å². The number of aromatic nitrogens is 1. The van der Waals surface area contributed by atoms with E-state index in [9.17, 15) is 9.59 Å². The maximum atomic E-state index is 12.0.